The molecule has 9 heteroatoms. The minimum atomic E-state index is -0.876. The lowest BCUT2D eigenvalue weighted by Crippen LogP contribution is -2.02. The Morgan fingerprint density at radius 3 is 2.73 bits per heavy atom. The topological polar surface area (TPSA) is 68.0 Å². The van der Waals surface area contributed by atoms with Crippen molar-refractivity contribution >= 4 is 56.6 Å². The molecule has 0 aliphatic heterocycles. The number of thiophene rings is 1. The number of carbonyl (C=O) groups is 1. The highest BCUT2D eigenvalue weighted by Gasteiger charge is 2.27. The lowest BCUT2D eigenvalue weighted by Gasteiger charge is -2.06. The van der Waals surface area contributed by atoms with Crippen molar-refractivity contribution in [1.29, 1.82) is 0 Å². The minimum absolute atomic E-state index is 0.0528. The molecule has 0 bridgehead atoms. The number of fused-ring (bicyclic) bond motifs is 1. The van der Waals surface area contributed by atoms with Crippen LogP contribution in [0.15, 0.2) is 34.2 Å². The second-order valence-corrected chi connectivity index (χ2v) is 8.91. The van der Waals surface area contributed by atoms with E-state index in [9.17, 15) is 4.79 Å². The molecule has 1 aliphatic carbocycles. The Labute approximate surface area is 171 Å². The van der Waals surface area contributed by atoms with Gasteiger partial charge in [0.25, 0.3) is 0 Å². The van der Waals surface area contributed by atoms with Gasteiger partial charge in [-0.3, -0.25) is 9.36 Å². The summed E-state index contributed by atoms with van der Waals surface area (Å²) in [6.45, 7) is 0. The number of carboxylic acids is 1. The van der Waals surface area contributed by atoms with Gasteiger partial charge in [-0.2, -0.15) is 0 Å². The number of carboxylic acid groups (broad SMARTS) is 1. The van der Waals surface area contributed by atoms with E-state index in [1.807, 2.05) is 28.8 Å². The molecule has 3 aromatic rings. The van der Waals surface area contributed by atoms with Gasteiger partial charge in [-0.1, -0.05) is 35.5 Å². The van der Waals surface area contributed by atoms with Gasteiger partial charge in [0.05, 0.1) is 5.75 Å². The first-order valence-corrected chi connectivity index (χ1v) is 10.9. The van der Waals surface area contributed by atoms with Gasteiger partial charge >= 0.3 is 5.97 Å². The molecular weight excluding hydrogens is 458 g/mol. The monoisotopic (exact) mass is 469 g/mol. The lowest BCUT2D eigenvalue weighted by atomic mass is 10.1. The number of benzene rings is 1. The number of aromatic nitrogens is 3. The Kier molecular flexibility index (Phi) is 5.09. The van der Waals surface area contributed by atoms with Crippen LogP contribution in [0.1, 0.15) is 17.5 Å². The van der Waals surface area contributed by atoms with Crippen LogP contribution in [0.4, 0.5) is 0 Å². The Balaban J connectivity index is 1.82. The van der Waals surface area contributed by atoms with Gasteiger partial charge < -0.3 is 5.11 Å². The van der Waals surface area contributed by atoms with Crippen LogP contribution < -0.4 is 0 Å². The number of halogens is 2. The van der Waals surface area contributed by atoms with Gasteiger partial charge in [0, 0.05) is 9.90 Å². The SMILES string of the molecule is O=C(O)CSc1nnc(Br)n1-c1sc(-c2ccc(Cl)cc2)c2c1CCC2. The van der Waals surface area contributed by atoms with Crippen LogP contribution in [-0.4, -0.2) is 31.6 Å². The first-order valence-electron chi connectivity index (χ1n) is 7.91. The predicted molar refractivity (Wildman–Crippen MR) is 108 cm³/mol. The van der Waals surface area contributed by atoms with Crippen molar-refractivity contribution < 1.29 is 9.90 Å². The molecule has 1 N–H and O–H groups in total. The molecule has 5 nitrogen and oxygen atoms in total. The first-order chi connectivity index (χ1) is 12.5. The standard InChI is InChI=1S/C17H13BrClN3O2S2/c18-16-20-21-17(25-8-13(23)24)22(16)15-12-3-1-2-11(12)14(26-15)9-4-6-10(19)7-5-9/h4-7H,1-3,8H2,(H,23,24). The number of aliphatic carboxylic acids is 1. The zero-order valence-electron chi connectivity index (χ0n) is 13.4. The molecule has 1 aromatic carbocycles. The number of thioether (sulfide) groups is 1. The lowest BCUT2D eigenvalue weighted by molar-refractivity contribution is -0.133. The zero-order valence-corrected chi connectivity index (χ0v) is 17.4. The molecule has 0 unspecified atom stereocenters. The minimum Gasteiger partial charge on any atom is -0.481 e. The third kappa shape index (κ3) is 3.31. The summed E-state index contributed by atoms with van der Waals surface area (Å²) in [6.07, 6.45) is 3.16. The van der Waals surface area contributed by atoms with Crippen LogP contribution in [0.3, 0.4) is 0 Å². The molecule has 0 amide bonds. The average Bonchev–Trinajstić information content (AvgIpc) is 3.29. The first kappa shape index (κ1) is 18.0. The molecule has 0 saturated heterocycles. The third-order valence-electron chi connectivity index (χ3n) is 4.18. The van der Waals surface area contributed by atoms with Crippen molar-refractivity contribution in [3.05, 3.63) is 45.1 Å². The molecule has 0 spiro atoms. The second-order valence-electron chi connectivity index (χ2n) is 5.82. The van der Waals surface area contributed by atoms with Crippen LogP contribution in [0.5, 0.6) is 0 Å². The molecule has 0 atom stereocenters. The van der Waals surface area contributed by atoms with Crippen LogP contribution in [0, 0.1) is 0 Å². The summed E-state index contributed by atoms with van der Waals surface area (Å²) >= 11 is 12.4. The van der Waals surface area contributed by atoms with Crippen LogP contribution in [-0.2, 0) is 17.6 Å². The summed E-state index contributed by atoms with van der Waals surface area (Å²) in [5, 5.41) is 19.6. The number of rotatable bonds is 5. The molecular formula is C17H13BrClN3O2S2. The highest BCUT2D eigenvalue weighted by molar-refractivity contribution is 9.10. The highest BCUT2D eigenvalue weighted by Crippen LogP contribution is 2.45. The van der Waals surface area contributed by atoms with Crippen molar-refractivity contribution in [3.63, 3.8) is 0 Å². The van der Waals surface area contributed by atoms with Crippen molar-refractivity contribution in [2.45, 2.75) is 24.4 Å². The highest BCUT2D eigenvalue weighted by atomic mass is 79.9. The molecule has 2 aromatic heterocycles. The van der Waals surface area contributed by atoms with Crippen LogP contribution >= 0.6 is 50.6 Å². The van der Waals surface area contributed by atoms with Crippen LogP contribution in [0.2, 0.25) is 5.02 Å². The fourth-order valence-corrected chi connectivity index (χ4v) is 6.02. The van der Waals surface area contributed by atoms with Gasteiger partial charge in [-0.15, -0.1) is 21.5 Å². The zero-order chi connectivity index (χ0) is 18.3. The largest absolute Gasteiger partial charge is 0.481 e. The molecule has 26 heavy (non-hydrogen) atoms. The molecule has 134 valence electrons. The average molecular weight is 471 g/mol. The summed E-state index contributed by atoms with van der Waals surface area (Å²) in [6, 6.07) is 7.89. The van der Waals surface area contributed by atoms with E-state index < -0.39 is 5.97 Å². The van der Waals surface area contributed by atoms with Crippen molar-refractivity contribution in [2.24, 2.45) is 0 Å². The van der Waals surface area contributed by atoms with E-state index in [1.54, 1.807) is 11.3 Å². The second kappa shape index (κ2) is 7.34. The Morgan fingerprint density at radius 1 is 1.27 bits per heavy atom. The van der Waals surface area contributed by atoms with Crippen LogP contribution in [0.25, 0.3) is 15.4 Å². The number of hydrogen-bond acceptors (Lipinski definition) is 5. The predicted octanol–water partition coefficient (Wildman–Crippen LogP) is 5.08. The molecule has 0 saturated carbocycles. The quantitative estimate of drug-likeness (QED) is 0.527. The summed E-state index contributed by atoms with van der Waals surface area (Å²) < 4.78 is 2.51. The van der Waals surface area contributed by atoms with Gasteiger partial charge in [-0.05, 0) is 64.0 Å². The molecule has 0 radical (unpaired) electrons. The summed E-state index contributed by atoms with van der Waals surface area (Å²) in [4.78, 5) is 12.2. The Bertz CT molecular complexity index is 985. The fourth-order valence-electron chi connectivity index (χ4n) is 3.11. The van der Waals surface area contributed by atoms with E-state index in [0.29, 0.717) is 9.89 Å². The van der Waals surface area contributed by atoms with Crippen molar-refractivity contribution in [3.8, 4) is 15.4 Å². The molecule has 1 aliphatic rings. The third-order valence-corrected chi connectivity index (χ3v) is 7.16. The van der Waals surface area contributed by atoms with E-state index in [0.717, 1.165) is 34.8 Å². The van der Waals surface area contributed by atoms with Crippen molar-refractivity contribution in [2.75, 3.05) is 5.75 Å². The normalized spacial score (nSPS) is 13.2. The number of hydrogen-bond donors (Lipinski definition) is 1. The summed E-state index contributed by atoms with van der Waals surface area (Å²) in [5.41, 5.74) is 3.81. The van der Waals surface area contributed by atoms with E-state index in [4.69, 9.17) is 16.7 Å². The Morgan fingerprint density at radius 2 is 2.00 bits per heavy atom. The summed E-state index contributed by atoms with van der Waals surface area (Å²) in [7, 11) is 0. The molecule has 0 fully saturated rings. The van der Waals surface area contributed by atoms with E-state index >= 15 is 0 Å². The maximum atomic E-state index is 10.9. The van der Waals surface area contributed by atoms with E-state index in [1.165, 1.54) is 27.8 Å². The van der Waals surface area contributed by atoms with Gasteiger partial charge in [-0.25, -0.2) is 0 Å². The van der Waals surface area contributed by atoms with Gasteiger partial charge in [0.2, 0.25) is 4.73 Å². The number of nitrogens with zero attached hydrogens (tertiary/aromatic N) is 3. The van der Waals surface area contributed by atoms with E-state index in [2.05, 4.69) is 26.1 Å². The molecule has 4 rings (SSSR count). The maximum Gasteiger partial charge on any atom is 0.313 e. The smallest absolute Gasteiger partial charge is 0.313 e. The van der Waals surface area contributed by atoms with Gasteiger partial charge in [0.1, 0.15) is 5.00 Å². The summed E-state index contributed by atoms with van der Waals surface area (Å²) in [5.74, 6) is -0.929. The molecule has 2 heterocycles. The Hall–Kier alpha value is -1.35. The van der Waals surface area contributed by atoms with Gasteiger partial charge in [0.15, 0.2) is 5.16 Å². The fraction of sp³-hybridized carbons (Fsp3) is 0.235. The maximum absolute atomic E-state index is 10.9. The van der Waals surface area contributed by atoms with Crippen molar-refractivity contribution in [1.82, 2.24) is 14.8 Å². The van der Waals surface area contributed by atoms with E-state index in [-0.39, 0.29) is 5.75 Å².